The number of H-pyrrole nitrogens is 1. The van der Waals surface area contributed by atoms with Gasteiger partial charge in [0.15, 0.2) is 0 Å². The molecule has 0 aliphatic rings. The molecule has 0 unspecified atom stereocenters. The van der Waals surface area contributed by atoms with Crippen molar-refractivity contribution in [2.75, 3.05) is 24.4 Å². The van der Waals surface area contributed by atoms with Crippen LogP contribution in [0.15, 0.2) is 64.2 Å². The number of rotatable bonds is 8. The Morgan fingerprint density at radius 3 is 2.60 bits per heavy atom. The summed E-state index contributed by atoms with van der Waals surface area (Å²) < 4.78 is 6.41. The molecule has 0 saturated heterocycles. The Balaban J connectivity index is 1.75. The van der Waals surface area contributed by atoms with Crippen molar-refractivity contribution in [2.45, 2.75) is 26.9 Å². The largest absolute Gasteiger partial charge is 0.383 e. The van der Waals surface area contributed by atoms with Crippen molar-refractivity contribution in [3.63, 3.8) is 0 Å². The zero-order valence-electron chi connectivity index (χ0n) is 19.8. The first-order valence-corrected chi connectivity index (χ1v) is 11.2. The van der Waals surface area contributed by atoms with E-state index < -0.39 is 17.2 Å². The number of methoxy groups -OCH3 is 1. The third-order valence-corrected chi connectivity index (χ3v) is 5.67. The lowest BCUT2D eigenvalue weighted by molar-refractivity contribution is 0.102. The van der Waals surface area contributed by atoms with Crippen LogP contribution >= 0.6 is 0 Å². The highest BCUT2D eigenvalue weighted by Crippen LogP contribution is 2.21. The Hall–Kier alpha value is -4.24. The van der Waals surface area contributed by atoms with E-state index in [1.807, 2.05) is 55.5 Å². The van der Waals surface area contributed by atoms with Gasteiger partial charge >= 0.3 is 5.69 Å². The molecular weight excluding hydrogens is 446 g/mol. The van der Waals surface area contributed by atoms with Crippen LogP contribution in [0.5, 0.6) is 0 Å². The van der Waals surface area contributed by atoms with E-state index in [0.29, 0.717) is 17.8 Å². The smallest absolute Gasteiger partial charge is 0.330 e. The summed E-state index contributed by atoms with van der Waals surface area (Å²) >= 11 is 0. The van der Waals surface area contributed by atoms with Crippen LogP contribution in [0.3, 0.4) is 0 Å². The molecule has 0 radical (unpaired) electrons. The number of hydrogen-bond acceptors (Lipinski definition) is 6. The molecule has 0 aliphatic heterocycles. The monoisotopic (exact) mass is 473 g/mol. The van der Waals surface area contributed by atoms with Crippen LogP contribution in [-0.2, 0) is 17.8 Å². The predicted octanol–water partition coefficient (Wildman–Crippen LogP) is 3.21. The molecule has 9 heteroatoms. The molecule has 0 saturated carbocycles. The summed E-state index contributed by atoms with van der Waals surface area (Å²) in [7, 11) is 1.51. The van der Waals surface area contributed by atoms with Gasteiger partial charge in [0.05, 0.1) is 29.9 Å². The second-order valence-corrected chi connectivity index (χ2v) is 8.24. The Morgan fingerprint density at radius 2 is 1.86 bits per heavy atom. The maximum absolute atomic E-state index is 13.4. The average molecular weight is 474 g/mol. The summed E-state index contributed by atoms with van der Waals surface area (Å²) in [5.41, 5.74) is 2.49. The Morgan fingerprint density at radius 1 is 1.09 bits per heavy atom. The summed E-state index contributed by atoms with van der Waals surface area (Å²) in [5.74, 6) is -0.406. The fourth-order valence-electron chi connectivity index (χ4n) is 3.83. The highest BCUT2D eigenvalue weighted by molar-refractivity contribution is 6.07. The number of carbonyl (C=O) groups is 1. The third-order valence-electron chi connectivity index (χ3n) is 5.67. The van der Waals surface area contributed by atoms with Crippen molar-refractivity contribution in [3.05, 3.63) is 97.8 Å². The number of nitrogens with zero attached hydrogens (tertiary/aromatic N) is 2. The summed E-state index contributed by atoms with van der Waals surface area (Å²) in [5, 5.41) is 6.68. The molecule has 4 rings (SSSR count). The molecule has 180 valence electrons. The van der Waals surface area contributed by atoms with E-state index in [2.05, 4.69) is 20.6 Å². The first-order valence-electron chi connectivity index (χ1n) is 11.2. The Kier molecular flexibility index (Phi) is 7.07. The fourth-order valence-corrected chi connectivity index (χ4v) is 3.83. The number of anilines is 2. The quantitative estimate of drug-likeness (QED) is 0.362. The molecule has 2 heterocycles. The lowest BCUT2D eigenvalue weighted by Gasteiger charge is -2.18. The van der Waals surface area contributed by atoms with Gasteiger partial charge < -0.3 is 15.4 Å². The second kappa shape index (κ2) is 10.4. The minimum Gasteiger partial charge on any atom is -0.383 e. The molecular formula is C26H27N5O4. The second-order valence-electron chi connectivity index (χ2n) is 8.24. The average Bonchev–Trinajstić information content (AvgIpc) is 2.83. The van der Waals surface area contributed by atoms with Crippen molar-refractivity contribution >= 4 is 28.3 Å². The molecule has 35 heavy (non-hydrogen) atoms. The minimum absolute atomic E-state index is 0.0696. The van der Waals surface area contributed by atoms with E-state index in [1.165, 1.54) is 11.7 Å². The molecule has 2 aromatic heterocycles. The van der Waals surface area contributed by atoms with E-state index in [4.69, 9.17) is 4.74 Å². The molecule has 0 spiro atoms. The first kappa shape index (κ1) is 23.9. The number of benzene rings is 2. The van der Waals surface area contributed by atoms with Crippen molar-refractivity contribution in [1.82, 2.24) is 14.5 Å². The van der Waals surface area contributed by atoms with Crippen LogP contribution in [-0.4, -0.2) is 34.2 Å². The topological polar surface area (TPSA) is 118 Å². The summed E-state index contributed by atoms with van der Waals surface area (Å²) in [6.07, 6.45) is 0. The lowest BCUT2D eigenvalue weighted by Crippen LogP contribution is -2.36. The maximum atomic E-state index is 13.4. The molecule has 0 aliphatic carbocycles. The van der Waals surface area contributed by atoms with E-state index in [1.54, 1.807) is 13.0 Å². The predicted molar refractivity (Wildman–Crippen MR) is 136 cm³/mol. The molecule has 0 fully saturated rings. The number of nitrogens with one attached hydrogen (secondary N) is 3. The van der Waals surface area contributed by atoms with Crippen molar-refractivity contribution < 1.29 is 9.53 Å². The van der Waals surface area contributed by atoms with Crippen molar-refractivity contribution in [2.24, 2.45) is 0 Å². The van der Waals surface area contributed by atoms with Crippen LogP contribution in [0.25, 0.3) is 10.9 Å². The lowest BCUT2D eigenvalue weighted by atomic mass is 10.1. The van der Waals surface area contributed by atoms with Gasteiger partial charge in [-0.3, -0.25) is 24.1 Å². The minimum atomic E-state index is -0.642. The number of fused-ring (bicyclic) bond motifs is 1. The number of pyridine rings is 1. The molecule has 1 amide bonds. The van der Waals surface area contributed by atoms with E-state index in [9.17, 15) is 14.4 Å². The zero-order chi connectivity index (χ0) is 24.9. The molecule has 9 nitrogen and oxygen atoms in total. The Labute approximate surface area is 201 Å². The molecule has 0 bridgehead atoms. The zero-order valence-corrected chi connectivity index (χ0v) is 19.8. The maximum Gasteiger partial charge on any atom is 0.330 e. The number of carbonyl (C=O) groups excluding carboxylic acids is 1. The molecule has 0 atom stereocenters. The highest BCUT2D eigenvalue weighted by Gasteiger charge is 2.20. The number of ether oxygens (including phenoxy) is 1. The number of aromatic amines is 1. The molecule has 2 aromatic carbocycles. The number of amides is 1. The van der Waals surface area contributed by atoms with Gasteiger partial charge in [0.25, 0.3) is 11.5 Å². The van der Waals surface area contributed by atoms with Crippen molar-refractivity contribution in [1.29, 1.82) is 0 Å². The van der Waals surface area contributed by atoms with Gasteiger partial charge in [0.2, 0.25) is 0 Å². The first-order chi connectivity index (χ1) is 16.9. The van der Waals surface area contributed by atoms with Crippen LogP contribution in [0.2, 0.25) is 0 Å². The van der Waals surface area contributed by atoms with E-state index in [0.717, 1.165) is 22.0 Å². The fraction of sp³-hybridized carbons (Fsp3) is 0.231. The summed E-state index contributed by atoms with van der Waals surface area (Å²) in [4.78, 5) is 45.7. The van der Waals surface area contributed by atoms with Crippen LogP contribution in [0.1, 0.15) is 27.2 Å². The van der Waals surface area contributed by atoms with Gasteiger partial charge in [0.1, 0.15) is 11.5 Å². The normalized spacial score (nSPS) is 10.9. The standard InChI is InChI=1S/C26H27N5O4/c1-16-9-10-19-14-20(17(2)28-21(19)13-16)24(32)29-23-22(27-15-18-7-5-4-6-8-18)25(33)30-26(34)31(23)11-12-35-3/h4-10,13-14,27H,11-12,15H2,1-3H3,(H,29,32)(H,30,33,34). The van der Waals surface area contributed by atoms with Crippen LogP contribution in [0.4, 0.5) is 11.5 Å². The molecule has 4 aromatic rings. The van der Waals surface area contributed by atoms with Crippen molar-refractivity contribution in [3.8, 4) is 0 Å². The Bertz CT molecular complexity index is 1490. The SMILES string of the molecule is COCCn1c(NC(=O)c2cc3ccc(C)cc3nc2C)c(NCc2ccccc2)c(=O)[nH]c1=O. The third kappa shape index (κ3) is 5.30. The van der Waals surface area contributed by atoms with Crippen LogP contribution in [0, 0.1) is 13.8 Å². The van der Waals surface area contributed by atoms with Crippen LogP contribution < -0.4 is 21.9 Å². The summed E-state index contributed by atoms with van der Waals surface area (Å²) in [6.45, 7) is 4.40. The van der Waals surface area contributed by atoms with E-state index >= 15 is 0 Å². The number of aromatic nitrogens is 3. The van der Waals surface area contributed by atoms with Gasteiger partial charge in [-0.15, -0.1) is 0 Å². The van der Waals surface area contributed by atoms with Gasteiger partial charge in [-0.05, 0) is 37.1 Å². The number of hydrogen-bond donors (Lipinski definition) is 3. The highest BCUT2D eigenvalue weighted by atomic mass is 16.5. The van der Waals surface area contributed by atoms with Gasteiger partial charge in [-0.25, -0.2) is 4.79 Å². The molecule has 3 N–H and O–H groups in total. The number of aryl methyl sites for hydroxylation is 2. The summed E-state index contributed by atoms with van der Waals surface area (Å²) in [6, 6.07) is 17.1. The van der Waals surface area contributed by atoms with E-state index in [-0.39, 0.29) is 24.7 Å². The van der Waals surface area contributed by atoms with Gasteiger partial charge in [-0.1, -0.05) is 42.5 Å². The van der Waals surface area contributed by atoms with Gasteiger partial charge in [-0.2, -0.15) is 0 Å². The van der Waals surface area contributed by atoms with Gasteiger partial charge in [0, 0.05) is 19.0 Å².